The Morgan fingerprint density at radius 2 is 1.37 bits per heavy atom. The van der Waals surface area contributed by atoms with Crippen molar-refractivity contribution in [3.63, 3.8) is 0 Å². The average Bonchev–Trinajstić information content (AvgIpc) is 2.74. The molecule has 1 aromatic heterocycles. The fourth-order valence-electron chi connectivity index (χ4n) is 1.78. The number of benzene rings is 2. The van der Waals surface area contributed by atoms with E-state index in [4.69, 9.17) is 34.8 Å². The molecule has 0 spiro atoms. The Morgan fingerprint density at radius 3 is 1.89 bits per heavy atom. The van der Waals surface area contributed by atoms with Crippen molar-refractivity contribution in [2.24, 2.45) is 0 Å². The molecule has 3 rings (SSSR count). The lowest BCUT2D eigenvalue weighted by atomic mass is 10.2. The van der Waals surface area contributed by atoms with E-state index in [0.29, 0.717) is 21.6 Å². The van der Waals surface area contributed by atoms with Gasteiger partial charge in [0.2, 0.25) is 0 Å². The molecule has 1 heterocycles. The summed E-state index contributed by atoms with van der Waals surface area (Å²) in [5.41, 5.74) is 2.52. The number of hydrogen-bond donors (Lipinski definition) is 0. The van der Waals surface area contributed by atoms with E-state index in [2.05, 4.69) is 10.2 Å². The molecule has 0 N–H and O–H groups in total. The summed E-state index contributed by atoms with van der Waals surface area (Å²) in [7, 11) is 0. The first kappa shape index (κ1) is 12.7. The molecular weight excluding hydrogens is 305 g/mol. The van der Waals surface area contributed by atoms with Crippen molar-refractivity contribution in [3.8, 4) is 0 Å². The predicted molar refractivity (Wildman–Crippen MR) is 78.1 cm³/mol. The van der Waals surface area contributed by atoms with E-state index in [9.17, 15) is 0 Å². The van der Waals surface area contributed by atoms with Crippen molar-refractivity contribution >= 4 is 45.8 Å². The number of aromatic nitrogens is 3. The lowest BCUT2D eigenvalue weighted by molar-refractivity contribution is 0.600. The zero-order chi connectivity index (χ0) is 13.4. The summed E-state index contributed by atoms with van der Waals surface area (Å²) < 4.78 is 0. The number of halogens is 3. The predicted octanol–water partition coefficient (Wildman–Crippen LogP) is 4.44. The zero-order valence-corrected chi connectivity index (χ0v) is 11.9. The van der Waals surface area contributed by atoms with Crippen LogP contribution in [-0.4, -0.2) is 15.0 Å². The molecule has 3 nitrogen and oxygen atoms in total. The average molecular weight is 313 g/mol. The van der Waals surface area contributed by atoms with Crippen LogP contribution in [0, 0.1) is 0 Å². The monoisotopic (exact) mass is 311 g/mol. The SMILES string of the molecule is Clc1ccc(Cn2nc3cc(Cl)c(Cl)cc3n2)cc1. The van der Waals surface area contributed by atoms with Crippen molar-refractivity contribution in [1.82, 2.24) is 15.0 Å². The summed E-state index contributed by atoms with van der Waals surface area (Å²) in [6.45, 7) is 0.571. The van der Waals surface area contributed by atoms with Crippen molar-refractivity contribution < 1.29 is 0 Å². The zero-order valence-electron chi connectivity index (χ0n) is 9.65. The van der Waals surface area contributed by atoms with Gasteiger partial charge in [-0.3, -0.25) is 0 Å². The van der Waals surface area contributed by atoms with Crippen LogP contribution in [0.5, 0.6) is 0 Å². The molecule has 0 radical (unpaired) electrons. The van der Waals surface area contributed by atoms with E-state index in [1.165, 1.54) is 0 Å². The summed E-state index contributed by atoms with van der Waals surface area (Å²) >= 11 is 17.7. The topological polar surface area (TPSA) is 30.7 Å². The molecule has 0 saturated carbocycles. The van der Waals surface area contributed by atoms with Crippen molar-refractivity contribution in [2.75, 3.05) is 0 Å². The van der Waals surface area contributed by atoms with E-state index in [-0.39, 0.29) is 0 Å². The summed E-state index contributed by atoms with van der Waals surface area (Å²) in [6.07, 6.45) is 0. The number of hydrogen-bond acceptors (Lipinski definition) is 2. The highest BCUT2D eigenvalue weighted by Gasteiger charge is 2.07. The maximum atomic E-state index is 5.95. The largest absolute Gasteiger partial charge is 0.179 e. The van der Waals surface area contributed by atoms with Gasteiger partial charge in [0.1, 0.15) is 11.0 Å². The van der Waals surface area contributed by atoms with E-state index in [1.807, 2.05) is 24.3 Å². The fourth-order valence-corrected chi connectivity index (χ4v) is 2.22. The summed E-state index contributed by atoms with van der Waals surface area (Å²) in [6, 6.07) is 11.0. The molecule has 0 fully saturated rings. The minimum atomic E-state index is 0.479. The smallest absolute Gasteiger partial charge is 0.114 e. The van der Waals surface area contributed by atoms with Crippen LogP contribution in [-0.2, 0) is 6.54 Å². The van der Waals surface area contributed by atoms with Crippen molar-refractivity contribution in [1.29, 1.82) is 0 Å². The third kappa shape index (κ3) is 2.68. The van der Waals surface area contributed by atoms with Crippen LogP contribution in [0.15, 0.2) is 36.4 Å². The molecule has 0 aliphatic heterocycles. The van der Waals surface area contributed by atoms with E-state index in [1.54, 1.807) is 16.9 Å². The van der Waals surface area contributed by atoms with Gasteiger partial charge < -0.3 is 0 Å². The lowest BCUT2D eigenvalue weighted by Crippen LogP contribution is -2.03. The molecule has 6 heteroatoms. The Hall–Kier alpha value is -1.29. The van der Waals surface area contributed by atoms with Crippen LogP contribution in [0.2, 0.25) is 15.1 Å². The molecule has 2 aromatic carbocycles. The molecule has 0 aliphatic rings. The first-order chi connectivity index (χ1) is 9.11. The Balaban J connectivity index is 1.95. The summed E-state index contributed by atoms with van der Waals surface area (Å²) in [5.74, 6) is 0. The highest BCUT2D eigenvalue weighted by Crippen LogP contribution is 2.25. The summed E-state index contributed by atoms with van der Waals surface area (Å²) in [4.78, 5) is 1.61. The maximum Gasteiger partial charge on any atom is 0.114 e. The van der Waals surface area contributed by atoms with Gasteiger partial charge in [0.05, 0.1) is 16.6 Å². The molecule has 0 amide bonds. The number of rotatable bonds is 2. The number of fused-ring (bicyclic) bond motifs is 1. The third-order valence-corrected chi connectivity index (χ3v) is 3.68. The standard InChI is InChI=1S/C13H8Cl3N3/c14-9-3-1-8(2-4-9)7-19-17-12-5-10(15)11(16)6-13(12)18-19/h1-6H,7H2. The van der Waals surface area contributed by atoms with Gasteiger partial charge in [-0.25, -0.2) is 0 Å². The first-order valence-electron chi connectivity index (χ1n) is 5.56. The molecule has 0 bridgehead atoms. The Bertz CT molecular complexity index is 696. The molecule has 0 saturated heterocycles. The molecular formula is C13H8Cl3N3. The first-order valence-corrected chi connectivity index (χ1v) is 6.69. The van der Waals surface area contributed by atoms with E-state index in [0.717, 1.165) is 16.6 Å². The fraction of sp³-hybridized carbons (Fsp3) is 0.0769. The van der Waals surface area contributed by atoms with Gasteiger partial charge in [-0.15, -0.1) is 0 Å². The number of nitrogens with zero attached hydrogens (tertiary/aromatic N) is 3. The van der Waals surface area contributed by atoms with Crippen LogP contribution in [0.1, 0.15) is 5.56 Å². The van der Waals surface area contributed by atoms with Gasteiger partial charge in [-0.2, -0.15) is 15.0 Å². The highest BCUT2D eigenvalue weighted by molar-refractivity contribution is 6.42. The summed E-state index contributed by atoms with van der Waals surface area (Å²) in [5, 5.41) is 10.4. The van der Waals surface area contributed by atoms with Gasteiger partial charge in [0.25, 0.3) is 0 Å². The molecule has 0 atom stereocenters. The van der Waals surface area contributed by atoms with E-state index < -0.39 is 0 Å². The minimum absolute atomic E-state index is 0.479. The van der Waals surface area contributed by atoms with Gasteiger partial charge in [-0.1, -0.05) is 46.9 Å². The van der Waals surface area contributed by atoms with Gasteiger partial charge in [-0.05, 0) is 29.8 Å². The van der Waals surface area contributed by atoms with E-state index >= 15 is 0 Å². The molecule has 0 unspecified atom stereocenters. The van der Waals surface area contributed by atoms with Crippen molar-refractivity contribution in [2.45, 2.75) is 6.54 Å². The molecule has 3 aromatic rings. The highest BCUT2D eigenvalue weighted by atomic mass is 35.5. The Morgan fingerprint density at radius 1 is 0.842 bits per heavy atom. The van der Waals surface area contributed by atoms with Gasteiger partial charge >= 0.3 is 0 Å². The normalized spacial score (nSPS) is 11.1. The van der Waals surface area contributed by atoms with Crippen molar-refractivity contribution in [3.05, 3.63) is 57.0 Å². The molecule has 0 aliphatic carbocycles. The lowest BCUT2D eigenvalue weighted by Gasteiger charge is -1.99. The van der Waals surface area contributed by atoms with Crippen LogP contribution in [0.3, 0.4) is 0 Å². The van der Waals surface area contributed by atoms with Crippen LogP contribution < -0.4 is 0 Å². The van der Waals surface area contributed by atoms with Gasteiger partial charge in [0, 0.05) is 5.02 Å². The van der Waals surface area contributed by atoms with Crippen LogP contribution in [0.25, 0.3) is 11.0 Å². The Labute approximate surface area is 124 Å². The molecule has 96 valence electrons. The van der Waals surface area contributed by atoms with Gasteiger partial charge in [0.15, 0.2) is 0 Å². The molecule has 19 heavy (non-hydrogen) atoms. The van der Waals surface area contributed by atoms with Crippen LogP contribution in [0.4, 0.5) is 0 Å². The third-order valence-electron chi connectivity index (χ3n) is 2.70. The Kier molecular flexibility index (Phi) is 3.35. The second-order valence-corrected chi connectivity index (χ2v) is 5.36. The second-order valence-electron chi connectivity index (χ2n) is 4.11. The maximum absolute atomic E-state index is 5.95. The van der Waals surface area contributed by atoms with Crippen LogP contribution >= 0.6 is 34.8 Å². The quantitative estimate of drug-likeness (QED) is 0.700. The minimum Gasteiger partial charge on any atom is -0.179 e. The second kappa shape index (κ2) is 5.00.